The number of nitrogens with one attached hydrogen (secondary N) is 1. The number of hydrogen-bond acceptors (Lipinski definition) is 5. The number of fused-ring (bicyclic) bond motifs is 1. The second kappa shape index (κ2) is 8.43. The zero-order valence-electron chi connectivity index (χ0n) is 15.7. The minimum absolute atomic E-state index is 0.265. The zero-order valence-corrected chi connectivity index (χ0v) is 15.7. The van der Waals surface area contributed by atoms with Gasteiger partial charge in [0, 0.05) is 22.7 Å². The van der Waals surface area contributed by atoms with Crippen molar-refractivity contribution in [1.29, 1.82) is 0 Å². The van der Waals surface area contributed by atoms with E-state index in [0.29, 0.717) is 23.7 Å². The fourth-order valence-electron chi connectivity index (χ4n) is 2.84. The summed E-state index contributed by atoms with van der Waals surface area (Å²) in [6.07, 6.45) is 2.31. The Labute approximate surface area is 162 Å². The summed E-state index contributed by atoms with van der Waals surface area (Å²) in [7, 11) is 1.48. The second-order valence-electron chi connectivity index (χ2n) is 6.13. The van der Waals surface area contributed by atoms with Crippen LogP contribution >= 0.6 is 0 Å². The minimum Gasteiger partial charge on any atom is -0.493 e. The van der Waals surface area contributed by atoms with Crippen LogP contribution in [0.4, 0.5) is 0 Å². The number of ketones is 1. The first-order valence-corrected chi connectivity index (χ1v) is 8.78. The SMILES string of the molecule is C=CCOc1ccc(C(=O)O[C@@H](C)C(=O)c2c[nH]c3ccccc23)cc1OC. The Morgan fingerprint density at radius 1 is 1.18 bits per heavy atom. The molecule has 1 heterocycles. The molecule has 1 atom stereocenters. The number of hydrogen-bond donors (Lipinski definition) is 1. The molecule has 6 heteroatoms. The van der Waals surface area contributed by atoms with Crippen molar-refractivity contribution in [3.63, 3.8) is 0 Å². The van der Waals surface area contributed by atoms with E-state index in [-0.39, 0.29) is 11.3 Å². The Hall–Kier alpha value is -3.54. The molecule has 2 aromatic carbocycles. The Morgan fingerprint density at radius 2 is 1.96 bits per heavy atom. The van der Waals surface area contributed by atoms with E-state index in [1.807, 2.05) is 24.3 Å². The van der Waals surface area contributed by atoms with Gasteiger partial charge in [-0.2, -0.15) is 0 Å². The lowest BCUT2D eigenvalue weighted by atomic mass is 10.1. The van der Waals surface area contributed by atoms with Crippen LogP contribution < -0.4 is 9.47 Å². The van der Waals surface area contributed by atoms with Crippen LogP contribution in [0.1, 0.15) is 27.6 Å². The van der Waals surface area contributed by atoms with Gasteiger partial charge in [-0.1, -0.05) is 30.9 Å². The van der Waals surface area contributed by atoms with Crippen LogP contribution in [-0.4, -0.2) is 36.6 Å². The van der Waals surface area contributed by atoms with Crippen LogP contribution in [0.15, 0.2) is 61.3 Å². The molecule has 0 spiro atoms. The van der Waals surface area contributed by atoms with Crippen LogP contribution in [0.25, 0.3) is 10.9 Å². The Morgan fingerprint density at radius 3 is 2.71 bits per heavy atom. The maximum atomic E-state index is 12.7. The number of H-pyrrole nitrogens is 1. The molecule has 6 nitrogen and oxygen atoms in total. The average molecular weight is 379 g/mol. The standard InChI is InChI=1S/C22H21NO5/c1-4-11-27-19-10-9-15(12-20(19)26-3)22(25)28-14(2)21(24)17-13-23-18-8-6-5-7-16(17)18/h4-10,12-14,23H,1,11H2,2-3H3/t14-/m0/s1. The normalized spacial score (nSPS) is 11.6. The fraction of sp³-hybridized carbons (Fsp3) is 0.182. The Kier molecular flexibility index (Phi) is 5.79. The molecule has 28 heavy (non-hydrogen) atoms. The average Bonchev–Trinajstić information content (AvgIpc) is 3.15. The van der Waals surface area contributed by atoms with Crippen molar-refractivity contribution in [2.24, 2.45) is 0 Å². The largest absolute Gasteiger partial charge is 0.493 e. The molecule has 0 aliphatic carbocycles. The van der Waals surface area contributed by atoms with E-state index in [2.05, 4.69) is 11.6 Å². The minimum atomic E-state index is -0.936. The second-order valence-corrected chi connectivity index (χ2v) is 6.13. The third-order valence-electron chi connectivity index (χ3n) is 4.26. The summed E-state index contributed by atoms with van der Waals surface area (Å²) < 4.78 is 16.1. The van der Waals surface area contributed by atoms with E-state index < -0.39 is 12.1 Å². The van der Waals surface area contributed by atoms with Crippen molar-refractivity contribution >= 4 is 22.7 Å². The maximum absolute atomic E-state index is 12.7. The molecule has 0 saturated carbocycles. The highest BCUT2D eigenvalue weighted by Crippen LogP contribution is 2.28. The molecule has 1 aromatic heterocycles. The molecule has 0 bridgehead atoms. The molecule has 0 saturated heterocycles. The summed E-state index contributed by atoms with van der Waals surface area (Å²) in [4.78, 5) is 28.3. The van der Waals surface area contributed by atoms with Crippen molar-refractivity contribution in [3.05, 3.63) is 72.4 Å². The number of carbonyl (C=O) groups excluding carboxylic acids is 2. The van der Waals surface area contributed by atoms with Gasteiger partial charge in [0.05, 0.1) is 12.7 Å². The highest BCUT2D eigenvalue weighted by atomic mass is 16.5. The molecule has 3 rings (SSSR count). The molecule has 144 valence electrons. The summed E-state index contributed by atoms with van der Waals surface area (Å²) in [5.41, 5.74) is 1.60. The van der Waals surface area contributed by atoms with Crippen molar-refractivity contribution in [3.8, 4) is 11.5 Å². The third kappa shape index (κ3) is 3.91. The van der Waals surface area contributed by atoms with Crippen LogP contribution in [0, 0.1) is 0 Å². The summed E-state index contributed by atoms with van der Waals surface area (Å²) in [5.74, 6) is -0.00765. The van der Waals surface area contributed by atoms with E-state index in [4.69, 9.17) is 14.2 Å². The molecular weight excluding hydrogens is 358 g/mol. The summed E-state index contributed by atoms with van der Waals surface area (Å²) in [6, 6.07) is 12.2. The molecule has 0 fully saturated rings. The molecule has 0 aliphatic heterocycles. The van der Waals surface area contributed by atoms with Crippen LogP contribution in [0.5, 0.6) is 11.5 Å². The third-order valence-corrected chi connectivity index (χ3v) is 4.26. The first-order valence-electron chi connectivity index (χ1n) is 8.78. The number of benzene rings is 2. The molecule has 1 N–H and O–H groups in total. The summed E-state index contributed by atoms with van der Waals surface area (Å²) in [5, 5.41) is 0.792. The number of aromatic amines is 1. The van der Waals surface area contributed by atoms with Gasteiger partial charge in [0.25, 0.3) is 0 Å². The first kappa shape index (κ1) is 19.2. The fourth-order valence-corrected chi connectivity index (χ4v) is 2.84. The van der Waals surface area contributed by atoms with Crippen LogP contribution in [0.3, 0.4) is 0 Å². The van der Waals surface area contributed by atoms with Gasteiger partial charge in [0.2, 0.25) is 5.78 Å². The highest BCUT2D eigenvalue weighted by Gasteiger charge is 2.23. The van der Waals surface area contributed by atoms with Crippen molar-refractivity contribution < 1.29 is 23.8 Å². The number of carbonyl (C=O) groups is 2. The Bertz CT molecular complexity index is 1020. The lowest BCUT2D eigenvalue weighted by Gasteiger charge is -2.14. The number of aromatic nitrogens is 1. The van der Waals surface area contributed by atoms with E-state index in [0.717, 1.165) is 10.9 Å². The lowest BCUT2D eigenvalue weighted by molar-refractivity contribution is 0.0319. The van der Waals surface area contributed by atoms with Gasteiger partial charge in [-0.05, 0) is 31.2 Å². The maximum Gasteiger partial charge on any atom is 0.338 e. The Balaban J connectivity index is 1.74. The number of ether oxygens (including phenoxy) is 3. The zero-order chi connectivity index (χ0) is 20.1. The molecule has 0 amide bonds. The van der Waals surface area contributed by atoms with Crippen molar-refractivity contribution in [2.75, 3.05) is 13.7 Å². The molecule has 0 radical (unpaired) electrons. The first-order chi connectivity index (χ1) is 13.5. The van der Waals surface area contributed by atoms with E-state index in [1.165, 1.54) is 13.2 Å². The van der Waals surface area contributed by atoms with Crippen LogP contribution in [0.2, 0.25) is 0 Å². The number of methoxy groups -OCH3 is 1. The molecular formula is C22H21NO5. The monoisotopic (exact) mass is 379 g/mol. The van der Waals surface area contributed by atoms with Gasteiger partial charge in [0.1, 0.15) is 6.61 Å². The number of rotatable bonds is 8. The predicted molar refractivity (Wildman–Crippen MR) is 106 cm³/mol. The van der Waals surface area contributed by atoms with Gasteiger partial charge in [-0.3, -0.25) is 4.79 Å². The molecule has 3 aromatic rings. The van der Waals surface area contributed by atoms with E-state index in [9.17, 15) is 9.59 Å². The van der Waals surface area contributed by atoms with Crippen molar-refractivity contribution in [1.82, 2.24) is 4.98 Å². The van der Waals surface area contributed by atoms with Gasteiger partial charge in [0.15, 0.2) is 17.6 Å². The van der Waals surface area contributed by atoms with Gasteiger partial charge >= 0.3 is 5.97 Å². The molecule has 0 unspecified atom stereocenters. The summed E-state index contributed by atoms with van der Waals surface area (Å²) >= 11 is 0. The van der Waals surface area contributed by atoms with Gasteiger partial charge in [-0.25, -0.2) is 4.79 Å². The molecule has 0 aliphatic rings. The smallest absolute Gasteiger partial charge is 0.338 e. The quantitative estimate of drug-likeness (QED) is 0.361. The predicted octanol–water partition coefficient (Wildman–Crippen LogP) is 4.17. The topological polar surface area (TPSA) is 77.6 Å². The highest BCUT2D eigenvalue weighted by molar-refractivity contribution is 6.10. The van der Waals surface area contributed by atoms with E-state index in [1.54, 1.807) is 31.3 Å². The number of esters is 1. The van der Waals surface area contributed by atoms with Crippen LogP contribution in [-0.2, 0) is 4.74 Å². The number of Topliss-reactive ketones (excluding diaryl/α,β-unsaturated/α-hetero) is 1. The summed E-state index contributed by atoms with van der Waals surface area (Å²) in [6.45, 7) is 5.46. The van der Waals surface area contributed by atoms with Gasteiger partial charge < -0.3 is 19.2 Å². The van der Waals surface area contributed by atoms with Gasteiger partial charge in [-0.15, -0.1) is 0 Å². The van der Waals surface area contributed by atoms with E-state index >= 15 is 0 Å². The number of para-hydroxylation sites is 1. The lowest BCUT2D eigenvalue weighted by Crippen LogP contribution is -2.24. The van der Waals surface area contributed by atoms with Crippen molar-refractivity contribution in [2.45, 2.75) is 13.0 Å².